The summed E-state index contributed by atoms with van der Waals surface area (Å²) in [6.07, 6.45) is 4.87. The molecule has 3 rings (SSSR count). The molecule has 0 bridgehead atoms. The van der Waals surface area contributed by atoms with Crippen LogP contribution in [-0.2, 0) is 0 Å². The van der Waals surface area contributed by atoms with Crippen molar-refractivity contribution in [2.24, 2.45) is 0 Å². The van der Waals surface area contributed by atoms with Crippen LogP contribution in [0, 0.1) is 6.92 Å². The summed E-state index contributed by atoms with van der Waals surface area (Å²) in [5.41, 5.74) is 3.20. The van der Waals surface area contributed by atoms with Crippen molar-refractivity contribution in [1.82, 2.24) is 4.98 Å². The summed E-state index contributed by atoms with van der Waals surface area (Å²) >= 11 is 0. The monoisotopic (exact) mass is 298 g/mol. The molecule has 1 aromatic heterocycles. The molecule has 0 radical (unpaired) electrons. The van der Waals surface area contributed by atoms with Crippen LogP contribution in [0.25, 0.3) is 10.9 Å². The standard InChI is InChI=1S/C18H22N2O2/c1-3-14-6-4-5-9-20(14)17-10-12(2)19-16-11-13(18(21)22)7-8-15(16)17/h7-8,10-11,14H,3-6,9H2,1-2H3,(H,21,22)/t14-/m1/s1. The lowest BCUT2D eigenvalue weighted by Gasteiger charge is -2.38. The first-order valence-electron chi connectivity index (χ1n) is 8.01. The maximum atomic E-state index is 11.2. The van der Waals surface area contributed by atoms with Crippen molar-refractivity contribution in [2.45, 2.75) is 45.6 Å². The summed E-state index contributed by atoms with van der Waals surface area (Å²) in [5.74, 6) is -0.906. The molecule has 1 aliphatic heterocycles. The number of carboxylic acid groups (broad SMARTS) is 1. The van der Waals surface area contributed by atoms with E-state index in [0.29, 0.717) is 11.6 Å². The summed E-state index contributed by atoms with van der Waals surface area (Å²) in [5, 5.41) is 10.2. The number of aromatic carboxylic acids is 1. The van der Waals surface area contributed by atoms with Crippen LogP contribution in [-0.4, -0.2) is 28.6 Å². The Morgan fingerprint density at radius 3 is 2.91 bits per heavy atom. The topological polar surface area (TPSA) is 53.4 Å². The average molecular weight is 298 g/mol. The molecule has 0 unspecified atom stereocenters. The van der Waals surface area contributed by atoms with Gasteiger partial charge >= 0.3 is 5.97 Å². The number of nitrogens with zero attached hydrogens (tertiary/aromatic N) is 2. The number of aryl methyl sites for hydroxylation is 1. The van der Waals surface area contributed by atoms with Gasteiger partial charge in [0.15, 0.2) is 0 Å². The van der Waals surface area contributed by atoms with Crippen molar-refractivity contribution >= 4 is 22.6 Å². The van der Waals surface area contributed by atoms with Crippen molar-refractivity contribution < 1.29 is 9.90 Å². The van der Waals surface area contributed by atoms with Gasteiger partial charge < -0.3 is 10.0 Å². The first-order valence-corrected chi connectivity index (χ1v) is 8.01. The largest absolute Gasteiger partial charge is 0.478 e. The van der Waals surface area contributed by atoms with Gasteiger partial charge in [-0.2, -0.15) is 0 Å². The Labute approximate surface area is 130 Å². The fourth-order valence-electron chi connectivity index (χ4n) is 3.45. The molecule has 4 nitrogen and oxygen atoms in total. The van der Waals surface area contributed by atoms with Crippen molar-refractivity contribution in [3.63, 3.8) is 0 Å². The van der Waals surface area contributed by atoms with E-state index in [9.17, 15) is 9.90 Å². The molecule has 0 aliphatic carbocycles. The molecule has 1 fully saturated rings. The van der Waals surface area contributed by atoms with E-state index in [1.165, 1.54) is 24.9 Å². The number of benzene rings is 1. The Balaban J connectivity index is 2.14. The maximum Gasteiger partial charge on any atom is 0.335 e. The number of hydrogen-bond donors (Lipinski definition) is 1. The Bertz CT molecular complexity index is 712. The summed E-state index contributed by atoms with van der Waals surface area (Å²) in [6.45, 7) is 5.28. The van der Waals surface area contributed by atoms with Gasteiger partial charge in [-0.05, 0) is 56.9 Å². The fraction of sp³-hybridized carbons (Fsp3) is 0.444. The van der Waals surface area contributed by atoms with E-state index in [2.05, 4.69) is 22.9 Å². The van der Waals surface area contributed by atoms with Crippen LogP contribution in [0.5, 0.6) is 0 Å². The van der Waals surface area contributed by atoms with Crippen molar-refractivity contribution in [2.75, 3.05) is 11.4 Å². The molecule has 0 spiro atoms. The van der Waals surface area contributed by atoms with Gasteiger partial charge in [-0.1, -0.05) is 6.92 Å². The van der Waals surface area contributed by atoms with Crippen molar-refractivity contribution in [3.05, 3.63) is 35.5 Å². The van der Waals surface area contributed by atoms with Crippen LogP contribution in [0.3, 0.4) is 0 Å². The van der Waals surface area contributed by atoms with Gasteiger partial charge in [0.25, 0.3) is 0 Å². The zero-order chi connectivity index (χ0) is 15.7. The van der Waals surface area contributed by atoms with Gasteiger partial charge in [-0.15, -0.1) is 0 Å². The lowest BCUT2D eigenvalue weighted by Crippen LogP contribution is -2.39. The van der Waals surface area contributed by atoms with Crippen LogP contribution in [0.1, 0.15) is 48.7 Å². The fourth-order valence-corrected chi connectivity index (χ4v) is 3.45. The number of carbonyl (C=O) groups is 1. The van der Waals surface area contributed by atoms with Gasteiger partial charge in [0.05, 0.1) is 11.1 Å². The molecule has 1 N–H and O–H groups in total. The predicted molar refractivity (Wildman–Crippen MR) is 88.7 cm³/mol. The number of pyridine rings is 1. The number of anilines is 1. The van der Waals surface area contributed by atoms with Gasteiger partial charge in [0.1, 0.15) is 0 Å². The Morgan fingerprint density at radius 1 is 1.36 bits per heavy atom. The summed E-state index contributed by atoms with van der Waals surface area (Å²) < 4.78 is 0. The molecule has 1 aliphatic rings. The summed E-state index contributed by atoms with van der Waals surface area (Å²) in [6, 6.07) is 7.96. The molecule has 0 amide bonds. The second kappa shape index (κ2) is 5.95. The van der Waals surface area contributed by atoms with Crippen LogP contribution in [0.15, 0.2) is 24.3 Å². The lowest BCUT2D eigenvalue weighted by atomic mass is 9.98. The first-order chi connectivity index (χ1) is 10.6. The summed E-state index contributed by atoms with van der Waals surface area (Å²) in [7, 11) is 0. The highest BCUT2D eigenvalue weighted by Gasteiger charge is 2.23. The molecular weight excluding hydrogens is 276 g/mol. The highest BCUT2D eigenvalue weighted by Crippen LogP contribution is 2.33. The van der Waals surface area contributed by atoms with Gasteiger partial charge in [0.2, 0.25) is 0 Å². The third-order valence-corrected chi connectivity index (χ3v) is 4.57. The number of rotatable bonds is 3. The number of carboxylic acids is 1. The van der Waals surface area contributed by atoms with Crippen LogP contribution in [0.4, 0.5) is 5.69 Å². The van der Waals surface area contributed by atoms with Gasteiger partial charge in [-0.3, -0.25) is 4.98 Å². The Morgan fingerprint density at radius 2 is 2.18 bits per heavy atom. The number of hydrogen-bond acceptors (Lipinski definition) is 3. The second-order valence-corrected chi connectivity index (χ2v) is 6.07. The van der Waals surface area contributed by atoms with E-state index < -0.39 is 5.97 Å². The molecule has 2 heterocycles. The Hall–Kier alpha value is -2.10. The molecule has 116 valence electrons. The molecule has 4 heteroatoms. The third-order valence-electron chi connectivity index (χ3n) is 4.57. The lowest BCUT2D eigenvalue weighted by molar-refractivity contribution is 0.0697. The smallest absolute Gasteiger partial charge is 0.335 e. The summed E-state index contributed by atoms with van der Waals surface area (Å²) in [4.78, 5) is 18.2. The van der Waals surface area contributed by atoms with Gasteiger partial charge in [-0.25, -0.2) is 4.79 Å². The van der Waals surface area contributed by atoms with Crippen molar-refractivity contribution in [1.29, 1.82) is 0 Å². The van der Waals surface area contributed by atoms with E-state index in [1.54, 1.807) is 12.1 Å². The van der Waals surface area contributed by atoms with Gasteiger partial charge in [0, 0.05) is 29.4 Å². The predicted octanol–water partition coefficient (Wildman–Crippen LogP) is 4.01. The Kier molecular flexibility index (Phi) is 4.01. The molecule has 22 heavy (non-hydrogen) atoms. The number of aromatic nitrogens is 1. The minimum atomic E-state index is -0.906. The third kappa shape index (κ3) is 2.65. The van der Waals surface area contributed by atoms with E-state index >= 15 is 0 Å². The minimum Gasteiger partial charge on any atom is -0.478 e. The molecule has 0 saturated carbocycles. The molecule has 2 aromatic rings. The SMILES string of the molecule is CC[C@@H]1CCCCN1c1cc(C)nc2cc(C(=O)O)ccc12. The molecule has 1 atom stereocenters. The van der Waals surface area contributed by atoms with E-state index in [4.69, 9.17) is 0 Å². The van der Waals surface area contributed by atoms with E-state index in [-0.39, 0.29) is 0 Å². The molecular formula is C18H22N2O2. The average Bonchev–Trinajstić information content (AvgIpc) is 2.53. The van der Waals surface area contributed by atoms with Crippen LogP contribution in [0.2, 0.25) is 0 Å². The van der Waals surface area contributed by atoms with Crippen LogP contribution >= 0.6 is 0 Å². The van der Waals surface area contributed by atoms with E-state index in [1.807, 2.05) is 13.0 Å². The zero-order valence-electron chi connectivity index (χ0n) is 13.2. The van der Waals surface area contributed by atoms with Crippen LogP contribution < -0.4 is 4.90 Å². The second-order valence-electron chi connectivity index (χ2n) is 6.07. The maximum absolute atomic E-state index is 11.2. The number of fused-ring (bicyclic) bond motifs is 1. The highest BCUT2D eigenvalue weighted by molar-refractivity contribution is 5.98. The van der Waals surface area contributed by atoms with Crippen molar-refractivity contribution in [3.8, 4) is 0 Å². The minimum absolute atomic E-state index is 0.294. The quantitative estimate of drug-likeness (QED) is 0.930. The zero-order valence-corrected chi connectivity index (χ0v) is 13.2. The highest BCUT2D eigenvalue weighted by atomic mass is 16.4. The number of piperidine rings is 1. The normalized spacial score (nSPS) is 18.6. The molecule has 1 saturated heterocycles. The van der Waals surface area contributed by atoms with E-state index in [0.717, 1.165) is 29.6 Å². The molecule has 1 aromatic carbocycles. The first kappa shape index (κ1) is 14.8.